The van der Waals surface area contributed by atoms with Gasteiger partial charge in [0.15, 0.2) is 5.17 Å². The van der Waals surface area contributed by atoms with E-state index in [2.05, 4.69) is 10.3 Å². The predicted molar refractivity (Wildman–Crippen MR) is 78.2 cm³/mol. The van der Waals surface area contributed by atoms with Crippen molar-refractivity contribution in [2.75, 3.05) is 11.1 Å². The predicted octanol–water partition coefficient (Wildman–Crippen LogP) is 4.77. The highest BCUT2D eigenvalue weighted by molar-refractivity contribution is 8.14. The number of rotatable bonds is 2. The Kier molecular flexibility index (Phi) is 4.81. The van der Waals surface area contributed by atoms with Gasteiger partial charge in [-0.15, -0.1) is 0 Å². The average molecular weight is 320 g/mol. The Balaban J connectivity index is 2.23. The molecule has 0 saturated carbocycles. The molecule has 0 saturated heterocycles. The molecule has 0 aliphatic carbocycles. The Labute approximate surface area is 125 Å². The second-order valence-corrected chi connectivity index (χ2v) is 6.28. The molecule has 0 amide bonds. The highest BCUT2D eigenvalue weighted by Gasteiger charge is 2.31. The van der Waals surface area contributed by atoms with E-state index in [1.54, 1.807) is 0 Å². The molecule has 0 bridgehead atoms. The smallest absolute Gasteiger partial charge is 0.333 e. The lowest BCUT2D eigenvalue weighted by molar-refractivity contribution is -0.137. The number of nitrogens with zero attached hydrogens (tertiary/aromatic N) is 1. The van der Waals surface area contributed by atoms with Gasteiger partial charge in [0.2, 0.25) is 0 Å². The molecule has 1 unspecified atom stereocenters. The molecule has 1 aromatic rings. The summed E-state index contributed by atoms with van der Waals surface area (Å²) in [5, 5.41) is 3.15. The molecule has 1 aliphatic heterocycles. The summed E-state index contributed by atoms with van der Waals surface area (Å²) in [7, 11) is 0. The molecule has 0 radical (unpaired) electrons. The quantitative estimate of drug-likeness (QED) is 0.794. The molecule has 1 heterocycles. The van der Waals surface area contributed by atoms with Gasteiger partial charge in [-0.1, -0.05) is 25.6 Å². The van der Waals surface area contributed by atoms with Gasteiger partial charge in [-0.2, -0.15) is 13.2 Å². The number of hydrogen-bond donors (Lipinski definition) is 1. The minimum Gasteiger partial charge on any atom is -0.333 e. The Hall–Kier alpha value is -1.24. The minimum absolute atomic E-state index is 0.114. The minimum atomic E-state index is -4.49. The Morgan fingerprint density at radius 3 is 2.67 bits per heavy atom. The van der Waals surface area contributed by atoms with Crippen LogP contribution in [0.3, 0.4) is 0 Å². The number of thioether (sulfide) groups is 1. The van der Waals surface area contributed by atoms with Crippen LogP contribution in [0.2, 0.25) is 0 Å². The van der Waals surface area contributed by atoms with E-state index < -0.39 is 17.6 Å². The number of halogens is 4. The first kappa shape index (κ1) is 16.1. The normalized spacial score (nSPS) is 19.6. The number of anilines is 1. The third-order valence-corrected chi connectivity index (χ3v) is 4.16. The van der Waals surface area contributed by atoms with Crippen molar-refractivity contribution in [3.05, 3.63) is 29.6 Å². The van der Waals surface area contributed by atoms with Gasteiger partial charge < -0.3 is 5.32 Å². The zero-order chi connectivity index (χ0) is 15.6. The van der Waals surface area contributed by atoms with Crippen LogP contribution in [0, 0.1) is 11.7 Å². The van der Waals surface area contributed by atoms with Crippen LogP contribution in [-0.4, -0.2) is 17.0 Å². The first-order valence-electron chi connectivity index (χ1n) is 6.61. The molecular weight excluding hydrogens is 304 g/mol. The van der Waals surface area contributed by atoms with Gasteiger partial charge in [0.1, 0.15) is 5.82 Å². The number of nitrogens with one attached hydrogen (secondary N) is 1. The molecule has 1 N–H and O–H groups in total. The van der Waals surface area contributed by atoms with Gasteiger partial charge in [0.25, 0.3) is 0 Å². The van der Waals surface area contributed by atoms with E-state index >= 15 is 0 Å². The summed E-state index contributed by atoms with van der Waals surface area (Å²) in [5.41, 5.74) is -1.08. The molecule has 1 atom stereocenters. The lowest BCUT2D eigenvalue weighted by atomic mass is 10.0. The summed E-state index contributed by atoms with van der Waals surface area (Å²) >= 11 is 1.39. The van der Waals surface area contributed by atoms with E-state index in [0.717, 1.165) is 30.4 Å². The zero-order valence-corrected chi connectivity index (χ0v) is 12.5. The summed E-state index contributed by atoms with van der Waals surface area (Å²) in [5.74, 6) is 0.432. The average Bonchev–Trinajstić information content (AvgIpc) is 2.40. The van der Waals surface area contributed by atoms with Crippen molar-refractivity contribution in [3.63, 3.8) is 0 Å². The summed E-state index contributed by atoms with van der Waals surface area (Å²) in [6.45, 7) is 4.07. The van der Waals surface area contributed by atoms with Crippen molar-refractivity contribution in [2.45, 2.75) is 32.5 Å². The molecule has 1 aromatic carbocycles. The molecule has 0 fully saturated rings. The number of benzene rings is 1. The van der Waals surface area contributed by atoms with Gasteiger partial charge in [-0.05, 0) is 30.5 Å². The molecule has 1 aliphatic rings. The van der Waals surface area contributed by atoms with E-state index in [-0.39, 0.29) is 11.7 Å². The standard InChI is InChI=1S/C14H16F4N2S/c1-8(2)11-5-6-21-13(19-11)20-12-7-9(14(16,17)18)3-4-10(12)15/h3-4,7-8,11H,5-6H2,1-2H3,(H,19,20). The van der Waals surface area contributed by atoms with Gasteiger partial charge in [-0.25, -0.2) is 4.39 Å². The second kappa shape index (κ2) is 6.25. The van der Waals surface area contributed by atoms with Crippen LogP contribution in [0.15, 0.2) is 23.2 Å². The van der Waals surface area contributed by atoms with E-state index in [0.29, 0.717) is 11.1 Å². The lowest BCUT2D eigenvalue weighted by Gasteiger charge is -2.23. The van der Waals surface area contributed by atoms with Crippen LogP contribution in [0.4, 0.5) is 23.2 Å². The van der Waals surface area contributed by atoms with Crippen LogP contribution in [-0.2, 0) is 6.18 Å². The highest BCUT2D eigenvalue weighted by atomic mass is 32.2. The van der Waals surface area contributed by atoms with E-state index in [9.17, 15) is 17.6 Å². The SMILES string of the molecule is CC(C)C1CCSC(Nc2cc(C(F)(F)F)ccc2F)=N1. The second-order valence-electron chi connectivity index (χ2n) is 5.20. The highest BCUT2D eigenvalue weighted by Crippen LogP contribution is 2.32. The van der Waals surface area contributed by atoms with Crippen LogP contribution in [0.25, 0.3) is 0 Å². The fourth-order valence-corrected chi connectivity index (χ4v) is 2.94. The van der Waals surface area contributed by atoms with E-state index in [1.807, 2.05) is 13.8 Å². The van der Waals surface area contributed by atoms with Gasteiger partial charge in [0.05, 0.1) is 17.3 Å². The fraction of sp³-hybridized carbons (Fsp3) is 0.500. The topological polar surface area (TPSA) is 24.4 Å². The largest absolute Gasteiger partial charge is 0.416 e. The molecule has 21 heavy (non-hydrogen) atoms. The first-order valence-corrected chi connectivity index (χ1v) is 7.60. The maximum atomic E-state index is 13.7. The van der Waals surface area contributed by atoms with Gasteiger partial charge in [-0.3, -0.25) is 4.99 Å². The van der Waals surface area contributed by atoms with Crippen molar-refractivity contribution in [1.82, 2.24) is 0 Å². The van der Waals surface area contributed by atoms with Crippen molar-refractivity contribution in [2.24, 2.45) is 10.9 Å². The first-order chi connectivity index (χ1) is 9.77. The molecule has 0 aromatic heterocycles. The van der Waals surface area contributed by atoms with Crippen molar-refractivity contribution < 1.29 is 17.6 Å². The molecule has 2 nitrogen and oxygen atoms in total. The Morgan fingerprint density at radius 1 is 1.33 bits per heavy atom. The number of alkyl halides is 3. The number of amidine groups is 1. The number of hydrogen-bond acceptors (Lipinski definition) is 3. The Morgan fingerprint density at radius 2 is 2.05 bits per heavy atom. The monoisotopic (exact) mass is 320 g/mol. The third kappa shape index (κ3) is 4.12. The lowest BCUT2D eigenvalue weighted by Crippen LogP contribution is -2.24. The van der Waals surface area contributed by atoms with Crippen LogP contribution in [0.1, 0.15) is 25.8 Å². The summed E-state index contributed by atoms with van der Waals surface area (Å²) < 4.78 is 51.7. The third-order valence-electron chi connectivity index (χ3n) is 3.24. The van der Waals surface area contributed by atoms with Crippen LogP contribution < -0.4 is 5.32 Å². The molecule has 0 spiro atoms. The van der Waals surface area contributed by atoms with Gasteiger partial charge in [0, 0.05) is 5.75 Å². The summed E-state index contributed by atoms with van der Waals surface area (Å²) in [6, 6.07) is 2.44. The van der Waals surface area contributed by atoms with Crippen molar-refractivity contribution >= 4 is 22.6 Å². The fourth-order valence-electron chi connectivity index (χ4n) is 1.99. The molecular formula is C14H16F4N2S. The molecule has 2 rings (SSSR count). The maximum Gasteiger partial charge on any atom is 0.416 e. The van der Waals surface area contributed by atoms with Crippen molar-refractivity contribution in [1.29, 1.82) is 0 Å². The maximum absolute atomic E-state index is 13.7. The van der Waals surface area contributed by atoms with Crippen LogP contribution in [0.5, 0.6) is 0 Å². The van der Waals surface area contributed by atoms with Gasteiger partial charge >= 0.3 is 6.18 Å². The Bertz CT molecular complexity index is 540. The molecule has 116 valence electrons. The van der Waals surface area contributed by atoms with Crippen molar-refractivity contribution in [3.8, 4) is 0 Å². The number of aliphatic imine (C=N–C) groups is 1. The zero-order valence-electron chi connectivity index (χ0n) is 11.7. The summed E-state index contributed by atoms with van der Waals surface area (Å²) in [6.07, 6.45) is -3.58. The van der Waals surface area contributed by atoms with Crippen LogP contribution >= 0.6 is 11.8 Å². The molecule has 7 heteroatoms. The summed E-state index contributed by atoms with van der Waals surface area (Å²) in [4.78, 5) is 4.43. The van der Waals surface area contributed by atoms with E-state index in [4.69, 9.17) is 0 Å². The van der Waals surface area contributed by atoms with E-state index in [1.165, 1.54) is 11.8 Å².